The molecule has 0 bridgehead atoms. The van der Waals surface area contributed by atoms with Crippen LogP contribution in [0, 0.1) is 13.8 Å². The fraction of sp³-hybridized carbons (Fsp3) is 0.167. The Morgan fingerprint density at radius 2 is 1.91 bits per heavy atom. The van der Waals surface area contributed by atoms with Crippen molar-refractivity contribution < 1.29 is 9.90 Å². The van der Waals surface area contributed by atoms with Crippen LogP contribution >= 0.6 is 23.2 Å². The first-order chi connectivity index (χ1) is 10.9. The van der Waals surface area contributed by atoms with Crippen LogP contribution in [0.25, 0.3) is 22.2 Å². The number of aromatic nitrogens is 1. The Balaban J connectivity index is 2.35. The first-order valence-corrected chi connectivity index (χ1v) is 7.91. The standard InChI is InChI=1S/C18H15Cl2NO2/c1-9-5-10(2)17-13(8-16(22)23)18(21-15(17)6-9)12-4-3-11(19)7-14(12)20/h3-7,21H,8H2,1-2H3,(H,22,23). The van der Waals surface area contributed by atoms with Gasteiger partial charge in [0.15, 0.2) is 0 Å². The topological polar surface area (TPSA) is 53.1 Å². The Labute approximate surface area is 143 Å². The zero-order valence-electron chi connectivity index (χ0n) is 12.7. The molecule has 0 spiro atoms. The number of hydrogen-bond donors (Lipinski definition) is 2. The summed E-state index contributed by atoms with van der Waals surface area (Å²) < 4.78 is 0. The van der Waals surface area contributed by atoms with Gasteiger partial charge in [-0.1, -0.05) is 29.3 Å². The van der Waals surface area contributed by atoms with Crippen molar-refractivity contribution >= 4 is 40.1 Å². The van der Waals surface area contributed by atoms with Gasteiger partial charge in [0, 0.05) is 21.5 Å². The summed E-state index contributed by atoms with van der Waals surface area (Å²) in [6, 6.07) is 9.28. The molecule has 0 aliphatic heterocycles. The van der Waals surface area contributed by atoms with E-state index in [0.29, 0.717) is 10.0 Å². The van der Waals surface area contributed by atoms with Crippen LogP contribution in [-0.2, 0) is 11.2 Å². The predicted molar refractivity (Wildman–Crippen MR) is 94.6 cm³/mol. The Hall–Kier alpha value is -1.97. The van der Waals surface area contributed by atoms with E-state index in [9.17, 15) is 9.90 Å². The number of halogens is 2. The highest BCUT2D eigenvalue weighted by atomic mass is 35.5. The van der Waals surface area contributed by atoms with Gasteiger partial charge in [-0.25, -0.2) is 0 Å². The number of fused-ring (bicyclic) bond motifs is 1. The number of aryl methyl sites for hydroxylation is 2. The van der Waals surface area contributed by atoms with E-state index in [2.05, 4.69) is 11.1 Å². The van der Waals surface area contributed by atoms with Crippen molar-refractivity contribution in [3.05, 3.63) is 57.1 Å². The van der Waals surface area contributed by atoms with E-state index in [0.717, 1.165) is 38.9 Å². The molecule has 1 heterocycles. The van der Waals surface area contributed by atoms with Crippen LogP contribution in [0.3, 0.4) is 0 Å². The minimum Gasteiger partial charge on any atom is -0.481 e. The summed E-state index contributed by atoms with van der Waals surface area (Å²) in [5.74, 6) is -0.878. The molecule has 0 atom stereocenters. The van der Waals surface area contributed by atoms with Crippen LogP contribution in [0.2, 0.25) is 10.0 Å². The van der Waals surface area contributed by atoms with E-state index in [1.807, 2.05) is 26.0 Å². The SMILES string of the molecule is Cc1cc(C)c2c(CC(=O)O)c(-c3ccc(Cl)cc3Cl)[nH]c2c1. The van der Waals surface area contributed by atoms with Gasteiger partial charge in [-0.05, 0) is 54.8 Å². The number of H-pyrrole nitrogens is 1. The Morgan fingerprint density at radius 1 is 1.17 bits per heavy atom. The fourth-order valence-electron chi connectivity index (χ4n) is 3.05. The van der Waals surface area contributed by atoms with E-state index in [4.69, 9.17) is 23.2 Å². The quantitative estimate of drug-likeness (QED) is 0.667. The lowest BCUT2D eigenvalue weighted by atomic mass is 9.99. The van der Waals surface area contributed by atoms with Crippen LogP contribution in [0.5, 0.6) is 0 Å². The van der Waals surface area contributed by atoms with Crippen LogP contribution in [0.4, 0.5) is 0 Å². The van der Waals surface area contributed by atoms with Gasteiger partial charge in [0.05, 0.1) is 17.1 Å². The molecular weight excluding hydrogens is 333 g/mol. The van der Waals surface area contributed by atoms with Gasteiger partial charge in [0.1, 0.15) is 0 Å². The minimum atomic E-state index is -0.878. The molecule has 0 unspecified atom stereocenters. The van der Waals surface area contributed by atoms with E-state index in [-0.39, 0.29) is 6.42 Å². The first-order valence-electron chi connectivity index (χ1n) is 7.16. The number of carboxylic acid groups (broad SMARTS) is 1. The van der Waals surface area contributed by atoms with Crippen LogP contribution < -0.4 is 0 Å². The number of carboxylic acids is 1. The molecule has 2 aromatic carbocycles. The molecule has 0 saturated carbocycles. The van der Waals surface area contributed by atoms with Crippen molar-refractivity contribution in [2.45, 2.75) is 20.3 Å². The highest BCUT2D eigenvalue weighted by molar-refractivity contribution is 6.36. The lowest BCUT2D eigenvalue weighted by molar-refractivity contribution is -0.136. The zero-order chi connectivity index (χ0) is 16.7. The normalized spacial score (nSPS) is 11.1. The lowest BCUT2D eigenvalue weighted by Crippen LogP contribution is -2.01. The summed E-state index contributed by atoms with van der Waals surface area (Å²) in [5, 5.41) is 11.3. The average molecular weight is 348 g/mol. The molecule has 23 heavy (non-hydrogen) atoms. The summed E-state index contributed by atoms with van der Waals surface area (Å²) in [5.41, 5.74) is 5.31. The third-order valence-electron chi connectivity index (χ3n) is 3.87. The van der Waals surface area contributed by atoms with Gasteiger partial charge in [-0.3, -0.25) is 4.79 Å². The van der Waals surface area contributed by atoms with E-state index in [1.54, 1.807) is 12.1 Å². The molecule has 3 rings (SSSR count). The second kappa shape index (κ2) is 5.91. The molecule has 1 aromatic heterocycles. The summed E-state index contributed by atoms with van der Waals surface area (Å²) >= 11 is 12.3. The third-order valence-corrected chi connectivity index (χ3v) is 4.42. The van der Waals surface area contributed by atoms with Gasteiger partial charge in [-0.15, -0.1) is 0 Å². The summed E-state index contributed by atoms with van der Waals surface area (Å²) in [7, 11) is 0. The van der Waals surface area contributed by atoms with Crippen molar-refractivity contribution in [3.63, 3.8) is 0 Å². The molecule has 0 radical (unpaired) electrons. The fourth-order valence-corrected chi connectivity index (χ4v) is 3.55. The predicted octanol–water partition coefficient (Wildman–Crippen LogP) is 5.39. The van der Waals surface area contributed by atoms with Gasteiger partial charge in [-0.2, -0.15) is 0 Å². The molecule has 0 saturated heterocycles. The number of nitrogens with one attached hydrogen (secondary N) is 1. The molecule has 0 aliphatic rings. The number of carbonyl (C=O) groups is 1. The van der Waals surface area contributed by atoms with Crippen LogP contribution in [-0.4, -0.2) is 16.1 Å². The van der Waals surface area contributed by atoms with E-state index < -0.39 is 5.97 Å². The molecule has 3 nitrogen and oxygen atoms in total. The number of aromatic amines is 1. The van der Waals surface area contributed by atoms with E-state index >= 15 is 0 Å². The minimum absolute atomic E-state index is 0.0712. The molecule has 2 N–H and O–H groups in total. The smallest absolute Gasteiger partial charge is 0.307 e. The monoisotopic (exact) mass is 347 g/mol. The van der Waals surface area contributed by atoms with Crippen molar-refractivity contribution in [1.29, 1.82) is 0 Å². The highest BCUT2D eigenvalue weighted by Gasteiger charge is 2.19. The molecule has 0 aliphatic carbocycles. The first kappa shape index (κ1) is 15.9. The molecular formula is C18H15Cl2NO2. The number of rotatable bonds is 3. The average Bonchev–Trinajstić information content (AvgIpc) is 2.76. The molecule has 3 aromatic rings. The maximum atomic E-state index is 11.3. The zero-order valence-corrected chi connectivity index (χ0v) is 14.2. The summed E-state index contributed by atoms with van der Waals surface area (Å²) in [6.07, 6.45) is -0.0712. The van der Waals surface area contributed by atoms with Crippen molar-refractivity contribution in [2.75, 3.05) is 0 Å². The molecule has 0 amide bonds. The molecule has 0 fully saturated rings. The summed E-state index contributed by atoms with van der Waals surface area (Å²) in [4.78, 5) is 14.7. The molecule has 5 heteroatoms. The van der Waals surface area contributed by atoms with Gasteiger partial charge >= 0.3 is 5.97 Å². The van der Waals surface area contributed by atoms with Gasteiger partial charge < -0.3 is 10.1 Å². The van der Waals surface area contributed by atoms with Crippen molar-refractivity contribution in [2.24, 2.45) is 0 Å². The van der Waals surface area contributed by atoms with Gasteiger partial charge in [0.25, 0.3) is 0 Å². The molecule has 118 valence electrons. The number of benzene rings is 2. The van der Waals surface area contributed by atoms with Crippen LogP contribution in [0.15, 0.2) is 30.3 Å². The van der Waals surface area contributed by atoms with Crippen molar-refractivity contribution in [3.8, 4) is 11.3 Å². The van der Waals surface area contributed by atoms with Crippen molar-refractivity contribution in [1.82, 2.24) is 4.98 Å². The van der Waals surface area contributed by atoms with E-state index in [1.165, 1.54) is 0 Å². The number of aliphatic carboxylic acids is 1. The number of hydrogen-bond acceptors (Lipinski definition) is 1. The second-order valence-electron chi connectivity index (χ2n) is 5.68. The summed E-state index contributed by atoms with van der Waals surface area (Å²) in [6.45, 7) is 4.00. The Bertz CT molecular complexity index is 928. The maximum Gasteiger partial charge on any atom is 0.307 e. The maximum absolute atomic E-state index is 11.3. The van der Waals surface area contributed by atoms with Gasteiger partial charge in [0.2, 0.25) is 0 Å². The second-order valence-corrected chi connectivity index (χ2v) is 6.52. The Kier molecular flexibility index (Phi) is 4.09. The van der Waals surface area contributed by atoms with Crippen LogP contribution in [0.1, 0.15) is 16.7 Å². The lowest BCUT2D eigenvalue weighted by Gasteiger charge is -2.07. The highest BCUT2D eigenvalue weighted by Crippen LogP contribution is 2.37. The Morgan fingerprint density at radius 3 is 2.57 bits per heavy atom. The largest absolute Gasteiger partial charge is 0.481 e. The third kappa shape index (κ3) is 2.94.